The Morgan fingerprint density at radius 3 is 2.74 bits per heavy atom. The summed E-state index contributed by atoms with van der Waals surface area (Å²) in [5, 5.41) is 7.20. The third-order valence-electron chi connectivity index (χ3n) is 3.80. The van der Waals surface area contributed by atoms with Crippen LogP contribution in [0.4, 0.5) is 5.69 Å². The molecule has 23 heavy (non-hydrogen) atoms. The van der Waals surface area contributed by atoms with Gasteiger partial charge in [-0.05, 0) is 44.4 Å². The lowest BCUT2D eigenvalue weighted by Crippen LogP contribution is -2.16. The summed E-state index contributed by atoms with van der Waals surface area (Å²) in [6.07, 6.45) is 0.843. The minimum atomic E-state index is -0.323. The van der Waals surface area contributed by atoms with Crippen molar-refractivity contribution in [2.45, 2.75) is 34.1 Å². The van der Waals surface area contributed by atoms with E-state index in [2.05, 4.69) is 27.3 Å². The summed E-state index contributed by atoms with van der Waals surface area (Å²) in [5.74, 6) is 0.237. The van der Waals surface area contributed by atoms with Crippen LogP contribution in [0.5, 0.6) is 0 Å². The highest BCUT2D eigenvalue weighted by atomic mass is 16.2. The molecular formula is C17H19N5O. The van der Waals surface area contributed by atoms with E-state index in [4.69, 9.17) is 0 Å². The molecule has 1 N–H and O–H groups in total. The fourth-order valence-electron chi connectivity index (χ4n) is 2.63. The molecule has 118 valence electrons. The number of hydrogen-bond donors (Lipinski definition) is 1. The Balaban J connectivity index is 1.97. The van der Waals surface area contributed by atoms with Gasteiger partial charge in [-0.3, -0.25) is 4.79 Å². The number of rotatable bonds is 3. The quantitative estimate of drug-likeness (QED) is 0.807. The molecule has 2 aromatic heterocycles. The molecular weight excluding hydrogens is 290 g/mol. The SMILES string of the molecule is CCc1cccc(C)c1NC(=O)c1nc2nc(C)cc(C)n2n1. The zero-order chi connectivity index (χ0) is 16.6. The molecule has 0 bridgehead atoms. The van der Waals surface area contributed by atoms with Crippen LogP contribution in [0.25, 0.3) is 5.78 Å². The first-order chi connectivity index (χ1) is 11.0. The van der Waals surface area contributed by atoms with Crippen LogP contribution in [0.1, 0.15) is 40.1 Å². The van der Waals surface area contributed by atoms with Crippen molar-refractivity contribution in [3.63, 3.8) is 0 Å². The second-order valence-corrected chi connectivity index (χ2v) is 5.60. The summed E-state index contributed by atoms with van der Waals surface area (Å²) < 4.78 is 1.58. The summed E-state index contributed by atoms with van der Waals surface area (Å²) in [5.41, 5.74) is 4.68. The van der Waals surface area contributed by atoms with Crippen LogP contribution in [-0.2, 0) is 6.42 Å². The van der Waals surface area contributed by atoms with E-state index in [-0.39, 0.29) is 11.7 Å². The van der Waals surface area contributed by atoms with Gasteiger partial charge in [0.15, 0.2) is 0 Å². The number of amides is 1. The second-order valence-electron chi connectivity index (χ2n) is 5.60. The van der Waals surface area contributed by atoms with Gasteiger partial charge in [-0.15, -0.1) is 5.10 Å². The summed E-state index contributed by atoms with van der Waals surface area (Å²) >= 11 is 0. The number of nitrogens with zero attached hydrogens (tertiary/aromatic N) is 4. The molecule has 0 radical (unpaired) electrons. The van der Waals surface area contributed by atoms with Crippen molar-refractivity contribution >= 4 is 17.4 Å². The summed E-state index contributed by atoms with van der Waals surface area (Å²) in [6.45, 7) is 7.83. The Morgan fingerprint density at radius 2 is 2.00 bits per heavy atom. The van der Waals surface area contributed by atoms with Crippen molar-refractivity contribution < 1.29 is 4.79 Å². The summed E-state index contributed by atoms with van der Waals surface area (Å²) in [6, 6.07) is 7.87. The first kappa shape index (κ1) is 15.1. The fraction of sp³-hybridized carbons (Fsp3) is 0.294. The van der Waals surface area contributed by atoms with Gasteiger partial charge in [-0.25, -0.2) is 9.50 Å². The van der Waals surface area contributed by atoms with E-state index >= 15 is 0 Å². The Labute approximate surface area is 134 Å². The molecule has 0 spiro atoms. The van der Waals surface area contributed by atoms with Crippen LogP contribution in [-0.4, -0.2) is 25.5 Å². The first-order valence-electron chi connectivity index (χ1n) is 7.60. The van der Waals surface area contributed by atoms with Crippen molar-refractivity contribution in [1.82, 2.24) is 19.6 Å². The summed E-state index contributed by atoms with van der Waals surface area (Å²) in [4.78, 5) is 21.1. The number of fused-ring (bicyclic) bond motifs is 1. The molecule has 0 saturated carbocycles. The molecule has 1 aromatic carbocycles. The highest BCUT2D eigenvalue weighted by Crippen LogP contribution is 2.21. The topological polar surface area (TPSA) is 72.2 Å². The predicted molar refractivity (Wildman–Crippen MR) is 88.8 cm³/mol. The lowest BCUT2D eigenvalue weighted by atomic mass is 10.1. The Bertz CT molecular complexity index is 897. The maximum Gasteiger partial charge on any atom is 0.295 e. The Hall–Kier alpha value is -2.76. The van der Waals surface area contributed by atoms with E-state index in [0.717, 1.165) is 34.6 Å². The van der Waals surface area contributed by atoms with Crippen molar-refractivity contribution in [1.29, 1.82) is 0 Å². The van der Waals surface area contributed by atoms with E-state index in [9.17, 15) is 4.79 Å². The van der Waals surface area contributed by atoms with E-state index in [1.54, 1.807) is 4.52 Å². The predicted octanol–water partition coefficient (Wildman–Crippen LogP) is 2.86. The molecule has 6 nitrogen and oxygen atoms in total. The van der Waals surface area contributed by atoms with Crippen LogP contribution >= 0.6 is 0 Å². The standard InChI is InChI=1S/C17H19N5O/c1-5-13-8-6-7-10(2)14(13)19-16(23)15-20-17-18-11(3)9-12(4)22(17)21-15/h6-9H,5H2,1-4H3,(H,19,23). The highest BCUT2D eigenvalue weighted by Gasteiger charge is 2.17. The number of carbonyl (C=O) groups is 1. The van der Waals surface area contributed by atoms with Gasteiger partial charge in [-0.1, -0.05) is 25.1 Å². The molecule has 0 saturated heterocycles. The normalized spacial score (nSPS) is 11.0. The molecule has 0 unspecified atom stereocenters. The maximum atomic E-state index is 12.5. The first-order valence-corrected chi connectivity index (χ1v) is 7.60. The van der Waals surface area contributed by atoms with Crippen molar-refractivity contribution in [3.05, 3.63) is 52.6 Å². The number of aryl methyl sites for hydroxylation is 4. The van der Waals surface area contributed by atoms with Gasteiger partial charge in [0, 0.05) is 17.1 Å². The van der Waals surface area contributed by atoms with Crippen LogP contribution in [0.3, 0.4) is 0 Å². The molecule has 6 heteroatoms. The zero-order valence-electron chi connectivity index (χ0n) is 13.7. The van der Waals surface area contributed by atoms with Gasteiger partial charge in [0.2, 0.25) is 5.82 Å². The Kier molecular flexibility index (Phi) is 3.82. The third-order valence-corrected chi connectivity index (χ3v) is 3.80. The molecule has 0 aliphatic carbocycles. The van der Waals surface area contributed by atoms with Gasteiger partial charge < -0.3 is 5.32 Å². The van der Waals surface area contributed by atoms with Gasteiger partial charge >= 0.3 is 0 Å². The second kappa shape index (κ2) is 5.79. The van der Waals surface area contributed by atoms with E-state index in [1.165, 1.54) is 0 Å². The average Bonchev–Trinajstić information content (AvgIpc) is 2.93. The van der Waals surface area contributed by atoms with Gasteiger partial charge in [-0.2, -0.15) is 4.98 Å². The monoisotopic (exact) mass is 309 g/mol. The van der Waals surface area contributed by atoms with E-state index in [1.807, 2.05) is 45.0 Å². The number of aromatic nitrogens is 4. The van der Waals surface area contributed by atoms with E-state index < -0.39 is 0 Å². The van der Waals surface area contributed by atoms with Crippen LogP contribution in [0.2, 0.25) is 0 Å². The molecule has 1 amide bonds. The lowest BCUT2D eigenvalue weighted by molar-refractivity contribution is 0.101. The number of carbonyl (C=O) groups excluding carboxylic acids is 1. The molecule has 0 atom stereocenters. The molecule has 0 fully saturated rings. The van der Waals surface area contributed by atoms with E-state index in [0.29, 0.717) is 5.78 Å². The molecule has 3 rings (SSSR count). The number of para-hydroxylation sites is 1. The summed E-state index contributed by atoms with van der Waals surface area (Å²) in [7, 11) is 0. The van der Waals surface area contributed by atoms with Gasteiger partial charge in [0.25, 0.3) is 11.7 Å². The van der Waals surface area contributed by atoms with Crippen LogP contribution in [0, 0.1) is 20.8 Å². The molecule has 0 aliphatic heterocycles. The van der Waals surface area contributed by atoms with Gasteiger partial charge in [0.05, 0.1) is 0 Å². The lowest BCUT2D eigenvalue weighted by Gasteiger charge is -2.11. The van der Waals surface area contributed by atoms with Gasteiger partial charge in [0.1, 0.15) is 0 Å². The largest absolute Gasteiger partial charge is 0.319 e. The van der Waals surface area contributed by atoms with Crippen LogP contribution < -0.4 is 5.32 Å². The van der Waals surface area contributed by atoms with Crippen molar-refractivity contribution in [3.8, 4) is 0 Å². The van der Waals surface area contributed by atoms with Crippen molar-refractivity contribution in [2.24, 2.45) is 0 Å². The third kappa shape index (κ3) is 2.79. The zero-order valence-corrected chi connectivity index (χ0v) is 13.7. The fourth-order valence-corrected chi connectivity index (χ4v) is 2.63. The smallest absolute Gasteiger partial charge is 0.295 e. The minimum Gasteiger partial charge on any atom is -0.319 e. The highest BCUT2D eigenvalue weighted by molar-refractivity contribution is 6.02. The number of benzene rings is 1. The number of nitrogens with one attached hydrogen (secondary N) is 1. The molecule has 0 aliphatic rings. The van der Waals surface area contributed by atoms with Crippen LogP contribution in [0.15, 0.2) is 24.3 Å². The average molecular weight is 309 g/mol. The molecule has 3 aromatic rings. The number of anilines is 1. The number of hydrogen-bond acceptors (Lipinski definition) is 4. The molecule has 2 heterocycles. The maximum absolute atomic E-state index is 12.5. The minimum absolute atomic E-state index is 0.122. The van der Waals surface area contributed by atoms with Crippen molar-refractivity contribution in [2.75, 3.05) is 5.32 Å². The Morgan fingerprint density at radius 1 is 1.22 bits per heavy atom.